The third kappa shape index (κ3) is 3.57. The summed E-state index contributed by atoms with van der Waals surface area (Å²) in [5, 5.41) is 9.66. The van der Waals surface area contributed by atoms with Gasteiger partial charge in [0.1, 0.15) is 5.75 Å². The smallest absolute Gasteiger partial charge is 0.316 e. The fourth-order valence-electron chi connectivity index (χ4n) is 1.38. The molecular weight excluding hydrogens is 228 g/mol. The minimum atomic E-state index is -0.471. The average molecular weight is 250 g/mol. The van der Waals surface area contributed by atoms with Gasteiger partial charge in [-0.3, -0.25) is 4.79 Å². The minimum Gasteiger partial charge on any atom is -0.426 e. The number of hydrogen-bond acceptors (Lipinski definition) is 3. The van der Waals surface area contributed by atoms with Crippen molar-refractivity contribution >= 4 is 5.97 Å². The molecule has 1 N–H and O–H groups in total. The average Bonchev–Trinajstić information content (AvgIpc) is 2.38. The van der Waals surface area contributed by atoms with Gasteiger partial charge in [-0.2, -0.15) is 0 Å². The maximum absolute atomic E-state index is 11.9. The van der Waals surface area contributed by atoms with E-state index in [-0.39, 0.29) is 5.97 Å². The lowest BCUT2D eigenvalue weighted by Crippen LogP contribution is -2.28. The van der Waals surface area contributed by atoms with E-state index < -0.39 is 11.5 Å². The highest BCUT2D eigenvalue weighted by Gasteiger charge is 2.27. The van der Waals surface area contributed by atoms with Gasteiger partial charge in [0.2, 0.25) is 0 Å². The topological polar surface area (TPSA) is 46.5 Å². The van der Waals surface area contributed by atoms with Gasteiger partial charge in [-0.25, -0.2) is 0 Å². The predicted molar refractivity (Wildman–Crippen MR) is 71.4 cm³/mol. The summed E-state index contributed by atoms with van der Waals surface area (Å²) in [7, 11) is 0. The molecule has 0 radical (unpaired) electrons. The van der Waals surface area contributed by atoms with Gasteiger partial charge in [0.15, 0.2) is 0 Å². The van der Waals surface area contributed by atoms with Crippen molar-refractivity contribution < 1.29 is 14.6 Å². The number of aliphatic hydroxyl groups is 1. The van der Waals surface area contributed by atoms with Gasteiger partial charge in [-0.1, -0.05) is 26.0 Å². The Hall–Kier alpha value is -1.35. The number of carbonyl (C=O) groups excluding carboxylic acids is 1. The molecule has 1 unspecified atom stereocenters. The summed E-state index contributed by atoms with van der Waals surface area (Å²) in [6.45, 7) is 7.61. The van der Waals surface area contributed by atoms with Crippen LogP contribution in [0.2, 0.25) is 0 Å². The van der Waals surface area contributed by atoms with Gasteiger partial charge < -0.3 is 9.84 Å². The second kappa shape index (κ2) is 6.01. The molecule has 0 aliphatic heterocycles. The second-order valence-electron chi connectivity index (χ2n) is 5.12. The van der Waals surface area contributed by atoms with Crippen LogP contribution in [0.5, 0.6) is 5.75 Å². The molecule has 0 spiro atoms. The summed E-state index contributed by atoms with van der Waals surface area (Å²) in [6, 6.07) is 7.02. The van der Waals surface area contributed by atoms with E-state index in [2.05, 4.69) is 0 Å². The maximum Gasteiger partial charge on any atom is 0.316 e. The molecular formula is C15H22O3. The predicted octanol–water partition coefficient (Wildman–Crippen LogP) is 3.47. The van der Waals surface area contributed by atoms with Crippen molar-refractivity contribution in [2.75, 3.05) is 0 Å². The van der Waals surface area contributed by atoms with E-state index in [1.54, 1.807) is 24.3 Å². The molecule has 3 heteroatoms. The van der Waals surface area contributed by atoms with Gasteiger partial charge >= 0.3 is 5.97 Å². The van der Waals surface area contributed by atoms with Crippen LogP contribution in [-0.2, 0) is 4.79 Å². The van der Waals surface area contributed by atoms with Crippen LogP contribution in [0.25, 0.3) is 0 Å². The molecule has 0 saturated heterocycles. The summed E-state index contributed by atoms with van der Waals surface area (Å²) in [5.41, 5.74) is 0.369. The Morgan fingerprint density at radius 2 is 1.83 bits per heavy atom. The quantitative estimate of drug-likeness (QED) is 0.643. The van der Waals surface area contributed by atoms with Gasteiger partial charge in [-0.05, 0) is 44.4 Å². The lowest BCUT2D eigenvalue weighted by Gasteiger charge is -2.20. The first-order valence-electron chi connectivity index (χ1n) is 6.41. The van der Waals surface area contributed by atoms with E-state index >= 15 is 0 Å². The highest BCUT2D eigenvalue weighted by molar-refractivity contribution is 5.78. The Kier molecular flexibility index (Phi) is 4.91. The lowest BCUT2D eigenvalue weighted by molar-refractivity contribution is -0.144. The summed E-state index contributed by atoms with van der Waals surface area (Å²) in [6.07, 6.45) is 0.947. The molecule has 1 aromatic carbocycles. The van der Waals surface area contributed by atoms with Crippen molar-refractivity contribution in [3.8, 4) is 5.75 Å². The molecule has 0 aliphatic rings. The van der Waals surface area contributed by atoms with E-state index in [1.807, 2.05) is 27.7 Å². The van der Waals surface area contributed by atoms with Crippen LogP contribution in [0, 0.1) is 5.41 Å². The maximum atomic E-state index is 11.9. The van der Waals surface area contributed by atoms with Gasteiger partial charge in [0.05, 0.1) is 11.5 Å². The van der Waals surface area contributed by atoms with E-state index in [0.717, 1.165) is 12.0 Å². The van der Waals surface area contributed by atoms with E-state index in [1.165, 1.54) is 0 Å². The van der Waals surface area contributed by atoms with E-state index in [9.17, 15) is 9.90 Å². The summed E-state index contributed by atoms with van der Waals surface area (Å²) in [5.74, 6) is 0.294. The highest BCUT2D eigenvalue weighted by Crippen LogP contribution is 2.25. The van der Waals surface area contributed by atoms with Crippen molar-refractivity contribution in [1.29, 1.82) is 0 Å². The van der Waals surface area contributed by atoms with Crippen LogP contribution in [0.3, 0.4) is 0 Å². The van der Waals surface area contributed by atoms with Crippen molar-refractivity contribution in [2.24, 2.45) is 5.41 Å². The molecule has 0 aliphatic carbocycles. The second-order valence-corrected chi connectivity index (χ2v) is 5.12. The zero-order valence-electron chi connectivity index (χ0n) is 11.6. The molecule has 0 fully saturated rings. The number of rotatable bonds is 5. The molecule has 100 valence electrons. The monoisotopic (exact) mass is 250 g/mol. The van der Waals surface area contributed by atoms with Crippen LogP contribution < -0.4 is 4.74 Å². The number of benzene rings is 1. The fraction of sp³-hybridized carbons (Fsp3) is 0.533. The van der Waals surface area contributed by atoms with E-state index in [0.29, 0.717) is 12.2 Å². The molecule has 1 aromatic rings. The van der Waals surface area contributed by atoms with Crippen LogP contribution in [0.1, 0.15) is 52.2 Å². The van der Waals surface area contributed by atoms with Gasteiger partial charge in [0, 0.05) is 0 Å². The number of ether oxygens (including phenoxy) is 1. The van der Waals surface area contributed by atoms with Crippen molar-refractivity contribution in [3.63, 3.8) is 0 Å². The Labute approximate surface area is 109 Å². The largest absolute Gasteiger partial charge is 0.426 e. The number of carbonyl (C=O) groups is 1. The van der Waals surface area contributed by atoms with Crippen LogP contribution in [0.4, 0.5) is 0 Å². The minimum absolute atomic E-state index is 0.228. The highest BCUT2D eigenvalue weighted by atomic mass is 16.5. The Balaban J connectivity index is 2.73. The third-order valence-corrected chi connectivity index (χ3v) is 3.30. The molecule has 0 amide bonds. The summed E-state index contributed by atoms with van der Waals surface area (Å²) < 4.78 is 5.32. The molecule has 0 aromatic heterocycles. The van der Waals surface area contributed by atoms with E-state index in [4.69, 9.17) is 4.74 Å². The van der Waals surface area contributed by atoms with Crippen LogP contribution in [0.15, 0.2) is 24.3 Å². The lowest BCUT2D eigenvalue weighted by atomic mass is 9.91. The Morgan fingerprint density at radius 1 is 1.28 bits per heavy atom. The third-order valence-electron chi connectivity index (χ3n) is 3.30. The van der Waals surface area contributed by atoms with Gasteiger partial charge in [0.25, 0.3) is 0 Å². The molecule has 1 atom stereocenters. The van der Waals surface area contributed by atoms with Crippen molar-refractivity contribution in [2.45, 2.75) is 46.6 Å². The summed E-state index contributed by atoms with van der Waals surface area (Å²) >= 11 is 0. The first-order valence-corrected chi connectivity index (χ1v) is 6.41. The Morgan fingerprint density at radius 3 is 2.28 bits per heavy atom. The molecule has 0 saturated carbocycles. The summed E-state index contributed by atoms with van der Waals surface area (Å²) in [4.78, 5) is 11.9. The standard InChI is InChI=1S/C15H22O3/c1-5-13(16)11-7-9-12(10-8-11)18-14(17)15(3,4)6-2/h7-10,13,16H,5-6H2,1-4H3. The molecule has 3 nitrogen and oxygen atoms in total. The zero-order chi connectivity index (χ0) is 13.8. The number of esters is 1. The van der Waals surface area contributed by atoms with Gasteiger partial charge in [-0.15, -0.1) is 0 Å². The molecule has 0 bridgehead atoms. The fourth-order valence-corrected chi connectivity index (χ4v) is 1.38. The van der Waals surface area contributed by atoms with Crippen molar-refractivity contribution in [3.05, 3.63) is 29.8 Å². The zero-order valence-corrected chi connectivity index (χ0v) is 11.6. The normalized spacial score (nSPS) is 13.2. The molecule has 0 heterocycles. The SMILES string of the molecule is CCC(O)c1ccc(OC(=O)C(C)(C)CC)cc1. The van der Waals surface area contributed by atoms with Crippen LogP contribution in [-0.4, -0.2) is 11.1 Å². The number of hydrogen-bond donors (Lipinski definition) is 1. The van der Waals surface area contributed by atoms with Crippen molar-refractivity contribution in [1.82, 2.24) is 0 Å². The molecule has 18 heavy (non-hydrogen) atoms. The van der Waals surface area contributed by atoms with Crippen LogP contribution >= 0.6 is 0 Å². The first-order chi connectivity index (χ1) is 8.40. The first kappa shape index (κ1) is 14.7. The Bertz CT molecular complexity index is 393. The number of aliphatic hydroxyl groups excluding tert-OH is 1. The molecule has 1 rings (SSSR count).